The molecule has 1 unspecified atom stereocenters. The third kappa shape index (κ3) is 4.10. The normalized spacial score (nSPS) is 19.4. The van der Waals surface area contributed by atoms with Crippen molar-refractivity contribution in [1.82, 2.24) is 20.4 Å². The predicted octanol–water partition coefficient (Wildman–Crippen LogP) is 0.859. The first-order valence-corrected chi connectivity index (χ1v) is 9.18. The number of sulfone groups is 1. The Morgan fingerprint density at radius 3 is 2.78 bits per heavy atom. The molecule has 0 spiro atoms. The largest absolute Gasteiger partial charge is 0.334 e. The average molecular weight is 334 g/mol. The molecule has 1 fully saturated rings. The van der Waals surface area contributed by atoms with Crippen LogP contribution in [0.15, 0.2) is 42.7 Å². The van der Waals surface area contributed by atoms with Crippen LogP contribution in [0.4, 0.5) is 4.79 Å². The van der Waals surface area contributed by atoms with Crippen molar-refractivity contribution in [3.05, 3.63) is 48.3 Å². The van der Waals surface area contributed by atoms with E-state index in [2.05, 4.69) is 15.7 Å². The van der Waals surface area contributed by atoms with Crippen LogP contribution in [0.25, 0.3) is 5.69 Å². The Morgan fingerprint density at radius 1 is 1.30 bits per heavy atom. The molecule has 0 radical (unpaired) electrons. The Balaban J connectivity index is 1.51. The molecule has 3 rings (SSSR count). The summed E-state index contributed by atoms with van der Waals surface area (Å²) in [4.78, 5) is 11.8. The summed E-state index contributed by atoms with van der Waals surface area (Å²) in [6.45, 7) is 0.331. The summed E-state index contributed by atoms with van der Waals surface area (Å²) in [6.07, 6.45) is 4.00. The quantitative estimate of drug-likeness (QED) is 0.867. The van der Waals surface area contributed by atoms with Crippen LogP contribution >= 0.6 is 0 Å². The summed E-state index contributed by atoms with van der Waals surface area (Å²) in [5.41, 5.74) is 1.81. The average Bonchev–Trinajstić information content (AvgIpc) is 3.13. The lowest BCUT2D eigenvalue weighted by Crippen LogP contribution is -2.42. The molecule has 1 aliphatic rings. The Hall–Kier alpha value is -2.35. The highest BCUT2D eigenvalue weighted by atomic mass is 32.2. The third-order valence-corrected chi connectivity index (χ3v) is 5.45. The monoisotopic (exact) mass is 334 g/mol. The van der Waals surface area contributed by atoms with Gasteiger partial charge in [0, 0.05) is 24.3 Å². The zero-order chi connectivity index (χ0) is 16.3. The maximum atomic E-state index is 11.8. The first-order chi connectivity index (χ1) is 11.0. The van der Waals surface area contributed by atoms with E-state index >= 15 is 0 Å². The lowest BCUT2D eigenvalue weighted by molar-refractivity contribution is 0.237. The second-order valence-corrected chi connectivity index (χ2v) is 7.78. The molecule has 1 saturated heterocycles. The second kappa shape index (κ2) is 6.41. The fourth-order valence-corrected chi connectivity index (χ4v) is 4.17. The van der Waals surface area contributed by atoms with Crippen molar-refractivity contribution >= 4 is 15.9 Å². The van der Waals surface area contributed by atoms with Crippen LogP contribution in [0.3, 0.4) is 0 Å². The van der Waals surface area contributed by atoms with Crippen molar-refractivity contribution in [2.75, 3.05) is 11.5 Å². The first kappa shape index (κ1) is 15.5. The number of amides is 2. The Labute approximate surface area is 134 Å². The molecule has 0 aliphatic carbocycles. The molecule has 7 nitrogen and oxygen atoms in total. The number of aromatic nitrogens is 2. The van der Waals surface area contributed by atoms with Crippen LogP contribution in [0, 0.1) is 0 Å². The van der Waals surface area contributed by atoms with Crippen molar-refractivity contribution in [3.63, 3.8) is 0 Å². The number of hydrogen-bond donors (Lipinski definition) is 2. The summed E-state index contributed by atoms with van der Waals surface area (Å²) in [7, 11) is -2.99. The van der Waals surface area contributed by atoms with E-state index in [1.54, 1.807) is 10.9 Å². The molecule has 0 saturated carbocycles. The van der Waals surface area contributed by atoms with Crippen LogP contribution in [0.5, 0.6) is 0 Å². The van der Waals surface area contributed by atoms with Crippen molar-refractivity contribution in [1.29, 1.82) is 0 Å². The van der Waals surface area contributed by atoms with E-state index in [0.29, 0.717) is 13.0 Å². The third-order valence-electron chi connectivity index (χ3n) is 3.68. The molecule has 1 aromatic heterocycles. The topological polar surface area (TPSA) is 93.1 Å². The van der Waals surface area contributed by atoms with Crippen molar-refractivity contribution in [3.8, 4) is 5.69 Å². The molecule has 2 amide bonds. The number of carbonyl (C=O) groups is 1. The molecule has 8 heteroatoms. The smallest absolute Gasteiger partial charge is 0.315 e. The number of carbonyl (C=O) groups excluding carboxylic acids is 1. The van der Waals surface area contributed by atoms with Crippen LogP contribution in [0.1, 0.15) is 12.0 Å². The fourth-order valence-electron chi connectivity index (χ4n) is 2.50. The fraction of sp³-hybridized carbons (Fsp3) is 0.333. The minimum absolute atomic E-state index is 0.0202. The molecule has 2 aromatic rings. The Morgan fingerprint density at radius 2 is 2.09 bits per heavy atom. The maximum absolute atomic E-state index is 11.8. The van der Waals surface area contributed by atoms with Gasteiger partial charge in [0.05, 0.1) is 23.4 Å². The summed E-state index contributed by atoms with van der Waals surface area (Å²) < 4.78 is 24.4. The molecular weight excluding hydrogens is 316 g/mol. The number of urea groups is 1. The zero-order valence-electron chi connectivity index (χ0n) is 12.5. The minimum atomic E-state index is -2.99. The standard InChI is InChI=1S/C15H18N4O3S/c20-15(18-13-6-7-23(21,22)11-13)16-8-12-9-17-19(10-12)14-4-2-1-3-5-14/h1-5,9-10,13H,6-8,11H2,(H2,16,18,20). The van der Waals surface area contributed by atoms with E-state index < -0.39 is 9.84 Å². The molecule has 122 valence electrons. The van der Waals surface area contributed by atoms with Gasteiger partial charge in [-0.3, -0.25) is 0 Å². The van der Waals surface area contributed by atoms with Crippen molar-refractivity contribution < 1.29 is 13.2 Å². The van der Waals surface area contributed by atoms with Gasteiger partial charge in [-0.25, -0.2) is 17.9 Å². The zero-order valence-corrected chi connectivity index (χ0v) is 13.3. The van der Waals surface area contributed by atoms with Gasteiger partial charge in [-0.15, -0.1) is 0 Å². The Kier molecular flexibility index (Phi) is 4.33. The van der Waals surface area contributed by atoms with Gasteiger partial charge >= 0.3 is 6.03 Å². The van der Waals surface area contributed by atoms with Crippen LogP contribution in [-0.2, 0) is 16.4 Å². The lowest BCUT2D eigenvalue weighted by Gasteiger charge is -2.11. The number of nitrogens with zero attached hydrogens (tertiary/aromatic N) is 2. The highest BCUT2D eigenvalue weighted by molar-refractivity contribution is 7.91. The van der Waals surface area contributed by atoms with E-state index in [1.807, 2.05) is 36.5 Å². The van der Waals surface area contributed by atoms with Crippen LogP contribution in [0.2, 0.25) is 0 Å². The van der Waals surface area contributed by atoms with Crippen molar-refractivity contribution in [2.24, 2.45) is 0 Å². The first-order valence-electron chi connectivity index (χ1n) is 7.36. The van der Waals surface area contributed by atoms with Gasteiger partial charge in [0.15, 0.2) is 9.84 Å². The molecule has 2 N–H and O–H groups in total. The SMILES string of the molecule is O=C(NCc1cnn(-c2ccccc2)c1)NC1CCS(=O)(=O)C1. The lowest BCUT2D eigenvalue weighted by atomic mass is 10.3. The second-order valence-electron chi connectivity index (χ2n) is 5.56. The van der Waals surface area contributed by atoms with E-state index in [4.69, 9.17) is 0 Å². The molecule has 2 heterocycles. The van der Waals surface area contributed by atoms with E-state index in [0.717, 1.165) is 11.3 Å². The predicted molar refractivity (Wildman–Crippen MR) is 86.0 cm³/mol. The van der Waals surface area contributed by atoms with Gasteiger partial charge < -0.3 is 10.6 Å². The molecule has 1 aliphatic heterocycles. The van der Waals surface area contributed by atoms with Crippen molar-refractivity contribution in [2.45, 2.75) is 19.0 Å². The minimum Gasteiger partial charge on any atom is -0.334 e. The van der Waals surface area contributed by atoms with E-state index in [9.17, 15) is 13.2 Å². The van der Waals surface area contributed by atoms with Gasteiger partial charge in [0.2, 0.25) is 0 Å². The molecule has 23 heavy (non-hydrogen) atoms. The van der Waals surface area contributed by atoms with Gasteiger partial charge in [-0.1, -0.05) is 18.2 Å². The molecule has 0 bridgehead atoms. The number of nitrogens with one attached hydrogen (secondary N) is 2. The van der Waals surface area contributed by atoms with E-state index in [1.165, 1.54) is 0 Å². The number of hydrogen-bond acceptors (Lipinski definition) is 4. The summed E-state index contributed by atoms with van der Waals surface area (Å²) in [6, 6.07) is 9.01. The summed E-state index contributed by atoms with van der Waals surface area (Å²) in [5, 5.41) is 9.66. The van der Waals surface area contributed by atoms with Crippen LogP contribution < -0.4 is 10.6 Å². The highest BCUT2D eigenvalue weighted by Crippen LogP contribution is 2.11. The van der Waals surface area contributed by atoms with Crippen LogP contribution in [-0.4, -0.2) is 41.8 Å². The van der Waals surface area contributed by atoms with E-state index in [-0.39, 0.29) is 23.6 Å². The summed E-state index contributed by atoms with van der Waals surface area (Å²) >= 11 is 0. The Bertz CT molecular complexity index is 786. The number of para-hydroxylation sites is 1. The molecule has 1 aromatic carbocycles. The van der Waals surface area contributed by atoms with Gasteiger partial charge in [-0.2, -0.15) is 5.10 Å². The highest BCUT2D eigenvalue weighted by Gasteiger charge is 2.28. The molecule has 1 atom stereocenters. The molecular formula is C15H18N4O3S. The number of benzene rings is 1. The number of rotatable bonds is 4. The van der Waals surface area contributed by atoms with Gasteiger partial charge in [0.25, 0.3) is 0 Å². The summed E-state index contributed by atoms with van der Waals surface area (Å²) in [5.74, 6) is 0.161. The van der Waals surface area contributed by atoms with Gasteiger partial charge in [0.1, 0.15) is 0 Å². The van der Waals surface area contributed by atoms with Gasteiger partial charge in [-0.05, 0) is 18.6 Å². The maximum Gasteiger partial charge on any atom is 0.315 e.